The molecular formula is C18H25N. The number of nitrogens with two attached hydrogens (primary N) is 1. The van der Waals surface area contributed by atoms with Gasteiger partial charge in [-0.3, -0.25) is 0 Å². The highest BCUT2D eigenvalue weighted by atomic mass is 14.7. The average molecular weight is 255 g/mol. The molecule has 1 heteroatoms. The van der Waals surface area contributed by atoms with Gasteiger partial charge < -0.3 is 5.73 Å². The standard InChI is InChI=1S/C18H25N/c1-11-4-2-3-5-16(11)18(19)17-14-7-12-6-13(9-14)10-15(17)8-12/h2-5,12-15,17-18H,6-10,19H2,1H3. The molecule has 4 aliphatic carbocycles. The highest BCUT2D eigenvalue weighted by Gasteiger charge is 2.50. The Hall–Kier alpha value is -0.820. The predicted octanol–water partition coefficient (Wildman–Crippen LogP) is 4.07. The van der Waals surface area contributed by atoms with Crippen LogP contribution < -0.4 is 5.73 Å². The van der Waals surface area contributed by atoms with Gasteiger partial charge in [-0.25, -0.2) is 0 Å². The zero-order valence-corrected chi connectivity index (χ0v) is 11.9. The molecule has 2 N–H and O–H groups in total. The van der Waals surface area contributed by atoms with Crippen LogP contribution in [0.2, 0.25) is 0 Å². The lowest BCUT2D eigenvalue weighted by atomic mass is 9.50. The van der Waals surface area contributed by atoms with Crippen molar-refractivity contribution in [1.29, 1.82) is 0 Å². The summed E-state index contributed by atoms with van der Waals surface area (Å²) in [6.45, 7) is 2.21. The van der Waals surface area contributed by atoms with Gasteiger partial charge in [0.2, 0.25) is 0 Å². The predicted molar refractivity (Wildman–Crippen MR) is 78.6 cm³/mol. The third kappa shape index (κ3) is 1.86. The first-order chi connectivity index (χ1) is 9.22. The molecule has 4 fully saturated rings. The van der Waals surface area contributed by atoms with E-state index in [0.717, 1.165) is 29.6 Å². The van der Waals surface area contributed by atoms with Crippen LogP contribution in [-0.2, 0) is 0 Å². The van der Waals surface area contributed by atoms with Gasteiger partial charge >= 0.3 is 0 Å². The van der Waals surface area contributed by atoms with Crippen molar-refractivity contribution in [3.05, 3.63) is 35.4 Å². The van der Waals surface area contributed by atoms with Gasteiger partial charge in [0.25, 0.3) is 0 Å². The second-order valence-electron chi connectivity index (χ2n) is 7.39. The minimum Gasteiger partial charge on any atom is -0.324 e. The van der Waals surface area contributed by atoms with Gasteiger partial charge in [-0.05, 0) is 79.7 Å². The van der Waals surface area contributed by atoms with Gasteiger partial charge in [-0.15, -0.1) is 0 Å². The Kier molecular flexibility index (Phi) is 2.73. The van der Waals surface area contributed by atoms with E-state index in [9.17, 15) is 0 Å². The third-order valence-electron chi connectivity index (χ3n) is 6.26. The molecule has 5 rings (SSSR count). The lowest BCUT2D eigenvalue weighted by Crippen LogP contribution is -2.48. The Morgan fingerprint density at radius 2 is 1.53 bits per heavy atom. The molecule has 1 aromatic carbocycles. The maximum Gasteiger partial charge on any atom is 0.0331 e. The molecule has 0 aromatic heterocycles. The Bertz CT molecular complexity index is 450. The van der Waals surface area contributed by atoms with Crippen LogP contribution in [0.25, 0.3) is 0 Å². The van der Waals surface area contributed by atoms with Gasteiger partial charge in [0.1, 0.15) is 0 Å². The minimum absolute atomic E-state index is 0.274. The summed E-state index contributed by atoms with van der Waals surface area (Å²) < 4.78 is 0. The van der Waals surface area contributed by atoms with E-state index in [1.54, 1.807) is 0 Å². The van der Waals surface area contributed by atoms with Crippen molar-refractivity contribution in [3.8, 4) is 0 Å². The van der Waals surface area contributed by atoms with Crippen LogP contribution in [0.1, 0.15) is 49.3 Å². The molecule has 0 radical (unpaired) electrons. The molecule has 0 amide bonds. The van der Waals surface area contributed by atoms with E-state index >= 15 is 0 Å². The van der Waals surface area contributed by atoms with Crippen LogP contribution in [0.4, 0.5) is 0 Å². The lowest BCUT2D eigenvalue weighted by Gasteiger charge is -2.56. The number of benzene rings is 1. The summed E-state index contributed by atoms with van der Waals surface area (Å²) in [6.07, 6.45) is 7.41. The molecule has 0 heterocycles. The van der Waals surface area contributed by atoms with E-state index in [1.165, 1.54) is 43.2 Å². The topological polar surface area (TPSA) is 26.0 Å². The lowest BCUT2D eigenvalue weighted by molar-refractivity contribution is -0.0472. The summed E-state index contributed by atoms with van der Waals surface area (Å²) in [5, 5.41) is 0. The Labute approximate surface area is 116 Å². The SMILES string of the molecule is Cc1ccccc1C(N)C1C2CC3CC(C2)CC1C3. The van der Waals surface area contributed by atoms with Crippen LogP contribution >= 0.6 is 0 Å². The van der Waals surface area contributed by atoms with Crippen molar-refractivity contribution in [2.45, 2.75) is 45.1 Å². The Morgan fingerprint density at radius 3 is 2.11 bits per heavy atom. The normalized spacial score (nSPS) is 41.5. The summed E-state index contributed by atoms with van der Waals surface area (Å²) in [4.78, 5) is 0. The van der Waals surface area contributed by atoms with Crippen LogP contribution in [0.3, 0.4) is 0 Å². The molecule has 4 bridgehead atoms. The molecule has 1 nitrogen and oxygen atoms in total. The van der Waals surface area contributed by atoms with E-state index < -0.39 is 0 Å². The van der Waals surface area contributed by atoms with Crippen LogP contribution in [0.15, 0.2) is 24.3 Å². The molecule has 1 unspecified atom stereocenters. The minimum atomic E-state index is 0.274. The molecule has 102 valence electrons. The van der Waals surface area contributed by atoms with Gasteiger partial charge in [-0.2, -0.15) is 0 Å². The van der Waals surface area contributed by atoms with E-state index in [2.05, 4.69) is 31.2 Å². The smallest absolute Gasteiger partial charge is 0.0331 e. The van der Waals surface area contributed by atoms with Gasteiger partial charge in [0.05, 0.1) is 0 Å². The quantitative estimate of drug-likeness (QED) is 0.847. The molecule has 0 spiro atoms. The van der Waals surface area contributed by atoms with Crippen molar-refractivity contribution in [2.75, 3.05) is 0 Å². The largest absolute Gasteiger partial charge is 0.324 e. The van der Waals surface area contributed by atoms with E-state index in [4.69, 9.17) is 5.73 Å². The molecular weight excluding hydrogens is 230 g/mol. The molecule has 4 saturated carbocycles. The Balaban J connectivity index is 1.64. The number of hydrogen-bond donors (Lipinski definition) is 1. The van der Waals surface area contributed by atoms with E-state index in [1.807, 2.05) is 0 Å². The second kappa shape index (κ2) is 4.34. The van der Waals surface area contributed by atoms with Crippen molar-refractivity contribution >= 4 is 0 Å². The molecule has 4 aliphatic rings. The zero-order chi connectivity index (χ0) is 13.0. The molecule has 0 saturated heterocycles. The number of hydrogen-bond acceptors (Lipinski definition) is 1. The zero-order valence-electron chi connectivity index (χ0n) is 11.9. The fraction of sp³-hybridized carbons (Fsp3) is 0.667. The van der Waals surface area contributed by atoms with Crippen LogP contribution in [0.5, 0.6) is 0 Å². The average Bonchev–Trinajstić information content (AvgIpc) is 2.37. The molecule has 1 aromatic rings. The van der Waals surface area contributed by atoms with Gasteiger partial charge in [0.15, 0.2) is 0 Å². The molecule has 0 aliphatic heterocycles. The maximum absolute atomic E-state index is 6.72. The Morgan fingerprint density at radius 1 is 0.947 bits per heavy atom. The molecule has 1 atom stereocenters. The summed E-state index contributed by atoms with van der Waals surface area (Å²) in [5.74, 6) is 4.69. The third-order valence-corrected chi connectivity index (χ3v) is 6.26. The van der Waals surface area contributed by atoms with Crippen molar-refractivity contribution in [3.63, 3.8) is 0 Å². The maximum atomic E-state index is 6.72. The van der Waals surface area contributed by atoms with Crippen molar-refractivity contribution in [1.82, 2.24) is 0 Å². The first kappa shape index (κ1) is 12.0. The fourth-order valence-electron chi connectivity index (χ4n) is 5.72. The number of aryl methyl sites for hydroxylation is 1. The van der Waals surface area contributed by atoms with E-state index in [0.29, 0.717) is 0 Å². The first-order valence-electron chi connectivity index (χ1n) is 8.03. The van der Waals surface area contributed by atoms with E-state index in [-0.39, 0.29) is 6.04 Å². The monoisotopic (exact) mass is 255 g/mol. The fourth-order valence-corrected chi connectivity index (χ4v) is 5.72. The van der Waals surface area contributed by atoms with Crippen LogP contribution in [-0.4, -0.2) is 0 Å². The first-order valence-corrected chi connectivity index (χ1v) is 8.03. The van der Waals surface area contributed by atoms with Crippen LogP contribution in [0, 0.1) is 36.5 Å². The van der Waals surface area contributed by atoms with Gasteiger partial charge in [-0.1, -0.05) is 24.3 Å². The summed E-state index contributed by atoms with van der Waals surface area (Å²) in [6, 6.07) is 9.02. The molecule has 19 heavy (non-hydrogen) atoms. The number of rotatable bonds is 2. The van der Waals surface area contributed by atoms with Crippen molar-refractivity contribution in [2.24, 2.45) is 35.3 Å². The van der Waals surface area contributed by atoms with Gasteiger partial charge in [0, 0.05) is 6.04 Å². The second-order valence-corrected chi connectivity index (χ2v) is 7.39. The highest BCUT2D eigenvalue weighted by molar-refractivity contribution is 5.29. The van der Waals surface area contributed by atoms with Crippen molar-refractivity contribution < 1.29 is 0 Å². The highest BCUT2D eigenvalue weighted by Crippen LogP contribution is 2.59. The summed E-state index contributed by atoms with van der Waals surface area (Å²) in [5.41, 5.74) is 9.50. The summed E-state index contributed by atoms with van der Waals surface area (Å²) in [7, 11) is 0. The summed E-state index contributed by atoms with van der Waals surface area (Å²) >= 11 is 0.